The van der Waals surface area contributed by atoms with Crippen molar-refractivity contribution in [2.45, 2.75) is 51.9 Å². The Morgan fingerprint density at radius 1 is 1.23 bits per heavy atom. The van der Waals surface area contributed by atoms with E-state index >= 15 is 0 Å². The highest BCUT2D eigenvalue weighted by atomic mass is 35.5. The van der Waals surface area contributed by atoms with Crippen LogP contribution in [-0.2, 0) is 11.2 Å². The normalized spacial score (nSPS) is 12.1. The molecule has 0 aliphatic rings. The molecule has 0 fully saturated rings. The minimum Gasteiger partial charge on any atom is -0.481 e. The molecular weight excluding hydrogens is 355 g/mol. The SMILES string of the molecule is CCCCCCCC(Cc1cnnc(-c2cc(Cl)ccc2F)c1)C(=O)O. The van der Waals surface area contributed by atoms with Crippen molar-refractivity contribution in [2.75, 3.05) is 0 Å². The number of aromatic nitrogens is 2. The number of carbonyl (C=O) groups is 1. The molecule has 0 spiro atoms. The second-order valence-corrected chi connectivity index (χ2v) is 6.95. The Morgan fingerprint density at radius 2 is 2.00 bits per heavy atom. The van der Waals surface area contributed by atoms with Gasteiger partial charge in [0.2, 0.25) is 0 Å². The van der Waals surface area contributed by atoms with Gasteiger partial charge in [0, 0.05) is 10.6 Å². The van der Waals surface area contributed by atoms with Crippen molar-refractivity contribution in [2.24, 2.45) is 5.92 Å². The average Bonchev–Trinajstić information content (AvgIpc) is 2.62. The van der Waals surface area contributed by atoms with Crippen molar-refractivity contribution in [3.63, 3.8) is 0 Å². The molecule has 26 heavy (non-hydrogen) atoms. The first-order chi connectivity index (χ1) is 12.5. The molecule has 1 aromatic heterocycles. The second kappa shape index (κ2) is 10.2. The first-order valence-electron chi connectivity index (χ1n) is 9.01. The highest BCUT2D eigenvalue weighted by Gasteiger charge is 2.19. The molecule has 1 heterocycles. The quantitative estimate of drug-likeness (QED) is 0.551. The van der Waals surface area contributed by atoms with E-state index in [9.17, 15) is 14.3 Å². The van der Waals surface area contributed by atoms with Gasteiger partial charge in [-0.1, -0.05) is 50.6 Å². The van der Waals surface area contributed by atoms with Gasteiger partial charge >= 0.3 is 5.97 Å². The van der Waals surface area contributed by atoms with Gasteiger partial charge in [-0.3, -0.25) is 4.79 Å². The van der Waals surface area contributed by atoms with E-state index in [-0.39, 0.29) is 5.56 Å². The number of halogens is 2. The molecule has 1 aromatic carbocycles. The van der Waals surface area contributed by atoms with Gasteiger partial charge in [0.1, 0.15) is 5.82 Å². The molecule has 0 saturated heterocycles. The van der Waals surface area contributed by atoms with Crippen LogP contribution in [0, 0.1) is 11.7 Å². The van der Waals surface area contributed by atoms with Crippen LogP contribution in [-0.4, -0.2) is 21.3 Å². The lowest BCUT2D eigenvalue weighted by molar-refractivity contribution is -0.142. The van der Waals surface area contributed by atoms with E-state index in [0.717, 1.165) is 31.2 Å². The fourth-order valence-electron chi connectivity index (χ4n) is 2.94. The first-order valence-corrected chi connectivity index (χ1v) is 9.39. The second-order valence-electron chi connectivity index (χ2n) is 6.52. The summed E-state index contributed by atoms with van der Waals surface area (Å²) in [6.45, 7) is 2.15. The van der Waals surface area contributed by atoms with Gasteiger partial charge in [0.05, 0.1) is 17.8 Å². The van der Waals surface area contributed by atoms with Gasteiger partial charge in [-0.2, -0.15) is 10.2 Å². The number of benzene rings is 1. The van der Waals surface area contributed by atoms with Crippen LogP contribution >= 0.6 is 11.6 Å². The fraction of sp³-hybridized carbons (Fsp3) is 0.450. The van der Waals surface area contributed by atoms with Crippen LogP contribution in [0.1, 0.15) is 51.0 Å². The van der Waals surface area contributed by atoms with Crippen LogP contribution in [0.4, 0.5) is 4.39 Å². The van der Waals surface area contributed by atoms with Crippen LogP contribution in [0.3, 0.4) is 0 Å². The third-order valence-corrected chi connectivity index (χ3v) is 4.64. The Labute approximate surface area is 158 Å². The van der Waals surface area contributed by atoms with E-state index in [0.29, 0.717) is 23.6 Å². The van der Waals surface area contributed by atoms with Crippen LogP contribution in [0.25, 0.3) is 11.3 Å². The van der Waals surface area contributed by atoms with Gasteiger partial charge < -0.3 is 5.11 Å². The number of carboxylic acids is 1. The maximum atomic E-state index is 14.0. The van der Waals surface area contributed by atoms with Gasteiger partial charge in [-0.25, -0.2) is 4.39 Å². The van der Waals surface area contributed by atoms with Gasteiger partial charge in [-0.15, -0.1) is 0 Å². The topological polar surface area (TPSA) is 63.1 Å². The molecule has 1 unspecified atom stereocenters. The van der Waals surface area contributed by atoms with E-state index in [4.69, 9.17) is 11.6 Å². The molecule has 140 valence electrons. The predicted octanol–water partition coefficient (Wildman–Crippen LogP) is 5.54. The van der Waals surface area contributed by atoms with E-state index in [1.807, 2.05) is 0 Å². The Morgan fingerprint density at radius 3 is 2.73 bits per heavy atom. The summed E-state index contributed by atoms with van der Waals surface area (Å²) in [7, 11) is 0. The number of aliphatic carboxylic acids is 1. The van der Waals surface area contributed by atoms with Gasteiger partial charge in [0.25, 0.3) is 0 Å². The molecule has 1 N–H and O–H groups in total. The van der Waals surface area contributed by atoms with Crippen LogP contribution in [0.2, 0.25) is 5.02 Å². The zero-order chi connectivity index (χ0) is 18.9. The summed E-state index contributed by atoms with van der Waals surface area (Å²) in [4.78, 5) is 11.6. The largest absolute Gasteiger partial charge is 0.481 e. The Kier molecular flexibility index (Phi) is 7.98. The molecule has 0 amide bonds. The summed E-state index contributed by atoms with van der Waals surface area (Å²) in [5, 5.41) is 17.8. The first kappa shape index (κ1) is 20.3. The van der Waals surface area contributed by atoms with Crippen molar-refractivity contribution in [1.82, 2.24) is 10.2 Å². The molecular formula is C20H24ClFN2O2. The van der Waals surface area contributed by atoms with E-state index < -0.39 is 17.7 Å². The molecule has 6 heteroatoms. The summed E-state index contributed by atoms with van der Waals surface area (Å²) >= 11 is 5.93. The molecule has 0 radical (unpaired) electrons. The number of rotatable bonds is 10. The maximum Gasteiger partial charge on any atom is 0.306 e. The number of unbranched alkanes of at least 4 members (excludes halogenated alkanes) is 4. The molecule has 4 nitrogen and oxygen atoms in total. The van der Waals surface area contributed by atoms with Crippen molar-refractivity contribution < 1.29 is 14.3 Å². The highest BCUT2D eigenvalue weighted by molar-refractivity contribution is 6.30. The number of hydrogen-bond donors (Lipinski definition) is 1. The van der Waals surface area contributed by atoms with Crippen molar-refractivity contribution in [3.05, 3.63) is 46.9 Å². The van der Waals surface area contributed by atoms with Gasteiger partial charge in [0.15, 0.2) is 0 Å². The van der Waals surface area contributed by atoms with E-state index in [1.165, 1.54) is 24.6 Å². The molecule has 1 atom stereocenters. The predicted molar refractivity (Wildman–Crippen MR) is 101 cm³/mol. The third-order valence-electron chi connectivity index (χ3n) is 4.40. The minimum absolute atomic E-state index is 0.262. The smallest absolute Gasteiger partial charge is 0.306 e. The van der Waals surface area contributed by atoms with E-state index in [1.54, 1.807) is 12.3 Å². The summed E-state index contributed by atoms with van der Waals surface area (Å²) in [5.41, 5.74) is 1.35. The Hall–Kier alpha value is -2.01. The monoisotopic (exact) mass is 378 g/mol. The number of carboxylic acid groups (broad SMARTS) is 1. The van der Waals surface area contributed by atoms with Crippen LogP contribution in [0.15, 0.2) is 30.5 Å². The van der Waals surface area contributed by atoms with Crippen LogP contribution in [0.5, 0.6) is 0 Å². The molecule has 0 aliphatic heterocycles. The zero-order valence-corrected chi connectivity index (χ0v) is 15.7. The third kappa shape index (κ3) is 6.06. The lowest BCUT2D eigenvalue weighted by Gasteiger charge is -2.13. The van der Waals surface area contributed by atoms with Crippen molar-refractivity contribution >= 4 is 17.6 Å². The maximum absolute atomic E-state index is 14.0. The molecule has 0 aliphatic carbocycles. The molecule has 2 aromatic rings. The number of hydrogen-bond acceptors (Lipinski definition) is 3. The zero-order valence-electron chi connectivity index (χ0n) is 14.9. The summed E-state index contributed by atoms with van der Waals surface area (Å²) in [5.74, 6) is -1.72. The molecule has 2 rings (SSSR count). The standard InChI is InChI=1S/C20H24ClFN2O2/c1-2-3-4-5-6-7-15(20(25)26)10-14-11-19(24-23-13-14)17-12-16(21)8-9-18(17)22/h8-9,11-13,15H,2-7,10H2,1H3,(H,25,26). The minimum atomic E-state index is -0.812. The Balaban J connectivity index is 2.08. The van der Waals surface area contributed by atoms with Gasteiger partial charge in [-0.05, 0) is 42.7 Å². The fourth-order valence-corrected chi connectivity index (χ4v) is 3.11. The van der Waals surface area contributed by atoms with Crippen LogP contribution < -0.4 is 0 Å². The lowest BCUT2D eigenvalue weighted by atomic mass is 9.93. The van der Waals surface area contributed by atoms with Crippen molar-refractivity contribution in [3.8, 4) is 11.3 Å². The molecule has 0 bridgehead atoms. The van der Waals surface area contributed by atoms with E-state index in [2.05, 4.69) is 17.1 Å². The molecule has 0 saturated carbocycles. The summed E-state index contributed by atoms with van der Waals surface area (Å²) < 4.78 is 14.0. The lowest BCUT2D eigenvalue weighted by Crippen LogP contribution is -2.16. The summed E-state index contributed by atoms with van der Waals surface area (Å²) in [6.07, 6.45) is 7.94. The average molecular weight is 379 g/mol. The summed E-state index contributed by atoms with van der Waals surface area (Å²) in [6, 6.07) is 5.93. The van der Waals surface area contributed by atoms with Crippen molar-refractivity contribution in [1.29, 1.82) is 0 Å². The highest BCUT2D eigenvalue weighted by Crippen LogP contribution is 2.25. The number of nitrogens with zero attached hydrogens (tertiary/aromatic N) is 2. The Bertz CT molecular complexity index is 740.